The molecule has 0 radical (unpaired) electrons. The zero-order chi connectivity index (χ0) is 11.4. The fraction of sp³-hybridized carbons (Fsp3) is 0.750. The number of ether oxygens (including phenoxy) is 1. The molecule has 0 rings (SSSR count). The van der Waals surface area contributed by atoms with Crippen LogP contribution in [-0.4, -0.2) is 12.1 Å². The zero-order valence-electron chi connectivity index (χ0n) is 10.0. The molecule has 0 heterocycles. The highest BCUT2D eigenvalue weighted by Crippen LogP contribution is 2.26. The second kappa shape index (κ2) is 5.18. The fourth-order valence-corrected chi connectivity index (χ4v) is 1.16. The van der Waals surface area contributed by atoms with Crippen LogP contribution in [0.2, 0.25) is 0 Å². The minimum absolute atomic E-state index is 0.00111. The lowest BCUT2D eigenvalue weighted by Crippen LogP contribution is -2.31. The van der Waals surface area contributed by atoms with E-state index in [4.69, 9.17) is 4.74 Å². The lowest BCUT2D eigenvalue weighted by Gasteiger charge is -2.30. The molecule has 0 aliphatic carbocycles. The Kier molecular flexibility index (Phi) is 4.89. The Bertz CT molecular complexity index is 211. The van der Waals surface area contributed by atoms with E-state index in [0.29, 0.717) is 5.57 Å². The van der Waals surface area contributed by atoms with E-state index in [-0.39, 0.29) is 17.5 Å². The maximum absolute atomic E-state index is 11.4. The van der Waals surface area contributed by atoms with Crippen LogP contribution in [0.4, 0.5) is 0 Å². The summed E-state index contributed by atoms with van der Waals surface area (Å²) in [7, 11) is 0. The lowest BCUT2D eigenvalue weighted by atomic mass is 9.86. The summed E-state index contributed by atoms with van der Waals surface area (Å²) in [6.07, 6.45) is 1.91. The molecule has 82 valence electrons. The summed E-state index contributed by atoms with van der Waals surface area (Å²) in [5, 5.41) is 0. The van der Waals surface area contributed by atoms with Crippen molar-refractivity contribution in [2.45, 2.75) is 53.6 Å². The van der Waals surface area contributed by atoms with E-state index in [2.05, 4.69) is 34.3 Å². The third kappa shape index (κ3) is 4.45. The molecule has 0 aliphatic rings. The molecular formula is C12H22O2. The Labute approximate surface area is 87.3 Å². The fourth-order valence-electron chi connectivity index (χ4n) is 1.16. The standard InChI is InChI=1S/C12H22O2/c1-7-8-10(12(4,5)6)14-11(13)9(2)3/h10H,2,7-8H2,1,3-6H3. The van der Waals surface area contributed by atoms with Crippen molar-refractivity contribution < 1.29 is 9.53 Å². The summed E-state index contributed by atoms with van der Waals surface area (Å²) >= 11 is 0. The Balaban J connectivity index is 4.38. The molecule has 2 heteroatoms. The first kappa shape index (κ1) is 13.2. The average Bonchev–Trinajstić information content (AvgIpc) is 2.01. The summed E-state index contributed by atoms with van der Waals surface area (Å²) in [4.78, 5) is 11.4. The molecule has 1 unspecified atom stereocenters. The minimum Gasteiger partial charge on any atom is -0.458 e. The van der Waals surface area contributed by atoms with E-state index in [1.54, 1.807) is 6.92 Å². The smallest absolute Gasteiger partial charge is 0.333 e. The van der Waals surface area contributed by atoms with Crippen molar-refractivity contribution in [1.29, 1.82) is 0 Å². The predicted molar refractivity (Wildman–Crippen MR) is 59.1 cm³/mol. The Hall–Kier alpha value is -0.790. The largest absolute Gasteiger partial charge is 0.458 e. The highest BCUT2D eigenvalue weighted by atomic mass is 16.5. The number of hydrogen-bond donors (Lipinski definition) is 0. The molecule has 0 amide bonds. The van der Waals surface area contributed by atoms with Gasteiger partial charge >= 0.3 is 5.97 Å². The Morgan fingerprint density at radius 2 is 1.93 bits per heavy atom. The van der Waals surface area contributed by atoms with Gasteiger partial charge in [0.1, 0.15) is 6.10 Å². The van der Waals surface area contributed by atoms with Gasteiger partial charge in [0, 0.05) is 5.57 Å². The highest BCUT2D eigenvalue weighted by molar-refractivity contribution is 5.87. The van der Waals surface area contributed by atoms with Gasteiger partial charge in [0.05, 0.1) is 0 Å². The van der Waals surface area contributed by atoms with Crippen LogP contribution in [0.1, 0.15) is 47.5 Å². The van der Waals surface area contributed by atoms with Crippen LogP contribution in [0.25, 0.3) is 0 Å². The Morgan fingerprint density at radius 1 is 1.43 bits per heavy atom. The number of carbonyl (C=O) groups is 1. The van der Waals surface area contributed by atoms with Gasteiger partial charge < -0.3 is 4.74 Å². The first-order valence-electron chi connectivity index (χ1n) is 5.15. The predicted octanol–water partition coefficient (Wildman–Crippen LogP) is 3.32. The molecule has 14 heavy (non-hydrogen) atoms. The number of esters is 1. The van der Waals surface area contributed by atoms with Crippen LogP contribution in [-0.2, 0) is 9.53 Å². The van der Waals surface area contributed by atoms with Crippen LogP contribution in [0.5, 0.6) is 0 Å². The van der Waals surface area contributed by atoms with Crippen molar-refractivity contribution in [3.05, 3.63) is 12.2 Å². The number of hydrogen-bond acceptors (Lipinski definition) is 2. The van der Waals surface area contributed by atoms with Crippen molar-refractivity contribution in [1.82, 2.24) is 0 Å². The van der Waals surface area contributed by atoms with Crippen LogP contribution < -0.4 is 0 Å². The topological polar surface area (TPSA) is 26.3 Å². The molecule has 0 saturated heterocycles. The third-order valence-corrected chi connectivity index (χ3v) is 2.11. The van der Waals surface area contributed by atoms with Crippen molar-refractivity contribution >= 4 is 5.97 Å². The van der Waals surface area contributed by atoms with E-state index in [9.17, 15) is 4.79 Å². The normalized spacial score (nSPS) is 13.5. The molecular weight excluding hydrogens is 176 g/mol. The first-order chi connectivity index (χ1) is 6.29. The number of rotatable bonds is 4. The van der Waals surface area contributed by atoms with Crippen molar-refractivity contribution in [2.75, 3.05) is 0 Å². The van der Waals surface area contributed by atoms with E-state index in [1.165, 1.54) is 0 Å². The molecule has 0 spiro atoms. The lowest BCUT2D eigenvalue weighted by molar-refractivity contribution is -0.150. The highest BCUT2D eigenvalue weighted by Gasteiger charge is 2.27. The maximum Gasteiger partial charge on any atom is 0.333 e. The molecule has 1 atom stereocenters. The molecule has 0 bridgehead atoms. The molecule has 0 N–H and O–H groups in total. The second-order valence-electron chi connectivity index (χ2n) is 4.83. The average molecular weight is 198 g/mol. The molecule has 0 saturated carbocycles. The minimum atomic E-state index is -0.279. The summed E-state index contributed by atoms with van der Waals surface area (Å²) in [5.74, 6) is -0.279. The van der Waals surface area contributed by atoms with Gasteiger partial charge in [0.15, 0.2) is 0 Å². The second-order valence-corrected chi connectivity index (χ2v) is 4.83. The summed E-state index contributed by atoms with van der Waals surface area (Å²) < 4.78 is 5.38. The molecule has 0 aromatic carbocycles. The van der Waals surface area contributed by atoms with Gasteiger partial charge in [-0.2, -0.15) is 0 Å². The van der Waals surface area contributed by atoms with Gasteiger partial charge in [-0.1, -0.05) is 40.7 Å². The molecule has 0 fully saturated rings. The molecule has 2 nitrogen and oxygen atoms in total. The van der Waals surface area contributed by atoms with Crippen LogP contribution in [0.15, 0.2) is 12.2 Å². The SMILES string of the molecule is C=C(C)C(=O)OC(CCC)C(C)(C)C. The molecule has 0 aromatic heterocycles. The van der Waals surface area contributed by atoms with Gasteiger partial charge in [-0.05, 0) is 18.8 Å². The van der Waals surface area contributed by atoms with Gasteiger partial charge in [0.2, 0.25) is 0 Å². The maximum atomic E-state index is 11.4. The van der Waals surface area contributed by atoms with Crippen LogP contribution in [0, 0.1) is 5.41 Å². The van der Waals surface area contributed by atoms with Crippen LogP contribution in [0.3, 0.4) is 0 Å². The quantitative estimate of drug-likeness (QED) is 0.511. The van der Waals surface area contributed by atoms with E-state index in [1.807, 2.05) is 0 Å². The van der Waals surface area contributed by atoms with E-state index in [0.717, 1.165) is 12.8 Å². The monoisotopic (exact) mass is 198 g/mol. The van der Waals surface area contributed by atoms with Gasteiger partial charge in [-0.3, -0.25) is 0 Å². The summed E-state index contributed by atoms with van der Waals surface area (Å²) in [6, 6.07) is 0. The molecule has 0 aliphatic heterocycles. The van der Waals surface area contributed by atoms with E-state index < -0.39 is 0 Å². The number of carbonyl (C=O) groups excluding carboxylic acids is 1. The van der Waals surface area contributed by atoms with E-state index >= 15 is 0 Å². The molecule has 0 aromatic rings. The van der Waals surface area contributed by atoms with Gasteiger partial charge in [-0.25, -0.2) is 4.79 Å². The van der Waals surface area contributed by atoms with Gasteiger partial charge in [0.25, 0.3) is 0 Å². The van der Waals surface area contributed by atoms with Crippen molar-refractivity contribution in [2.24, 2.45) is 5.41 Å². The van der Waals surface area contributed by atoms with Gasteiger partial charge in [-0.15, -0.1) is 0 Å². The third-order valence-electron chi connectivity index (χ3n) is 2.11. The summed E-state index contributed by atoms with van der Waals surface area (Å²) in [6.45, 7) is 13.6. The van der Waals surface area contributed by atoms with Crippen molar-refractivity contribution in [3.8, 4) is 0 Å². The Morgan fingerprint density at radius 3 is 2.21 bits per heavy atom. The zero-order valence-corrected chi connectivity index (χ0v) is 10.0. The summed E-state index contributed by atoms with van der Waals surface area (Å²) in [5.41, 5.74) is 0.469. The first-order valence-corrected chi connectivity index (χ1v) is 5.15. The van der Waals surface area contributed by atoms with Crippen LogP contribution >= 0.6 is 0 Å². The van der Waals surface area contributed by atoms with Crippen molar-refractivity contribution in [3.63, 3.8) is 0 Å².